The molecule has 0 aliphatic carbocycles. The number of rotatable bonds is 8. The molecule has 0 atom stereocenters. The summed E-state index contributed by atoms with van der Waals surface area (Å²) in [6, 6.07) is 19.6. The van der Waals surface area contributed by atoms with Crippen LogP contribution in [0.2, 0.25) is 0 Å². The Kier molecular flexibility index (Phi) is 5.76. The molecule has 4 heterocycles. The van der Waals surface area contributed by atoms with E-state index in [1.807, 2.05) is 88.2 Å². The summed E-state index contributed by atoms with van der Waals surface area (Å²) in [6.45, 7) is 2.86. The number of aryl methyl sites for hydroxylation is 1. The molecule has 0 aliphatic rings. The number of amides is 1. The lowest BCUT2D eigenvalue weighted by Crippen LogP contribution is -2.34. The van der Waals surface area contributed by atoms with Crippen LogP contribution in [0, 0.1) is 0 Å². The van der Waals surface area contributed by atoms with Gasteiger partial charge < -0.3 is 18.4 Å². The molecule has 0 radical (unpaired) electrons. The van der Waals surface area contributed by atoms with Crippen molar-refractivity contribution >= 4 is 17.2 Å². The highest BCUT2D eigenvalue weighted by Crippen LogP contribution is 2.17. The number of fused-ring (bicyclic) bond motifs is 2. The van der Waals surface area contributed by atoms with Crippen molar-refractivity contribution in [3.63, 3.8) is 0 Å². The number of benzene rings is 1. The normalized spacial score (nSPS) is 11.2. The zero-order chi connectivity index (χ0) is 22.6. The maximum Gasteiger partial charge on any atom is 0.261 e. The van der Waals surface area contributed by atoms with Crippen LogP contribution in [-0.2, 0) is 24.3 Å². The lowest BCUT2D eigenvalue weighted by molar-refractivity contribution is -0.134. The first-order valence-electron chi connectivity index (χ1n) is 11.0. The summed E-state index contributed by atoms with van der Waals surface area (Å²) < 4.78 is 9.87. The molecule has 0 bridgehead atoms. The summed E-state index contributed by atoms with van der Waals surface area (Å²) in [5.74, 6) is 0.598. The summed E-state index contributed by atoms with van der Waals surface area (Å²) in [5.41, 5.74) is 4.74. The first kappa shape index (κ1) is 20.8. The fourth-order valence-corrected chi connectivity index (χ4v) is 3.92. The van der Waals surface area contributed by atoms with Crippen LogP contribution >= 0.6 is 0 Å². The van der Waals surface area contributed by atoms with E-state index in [4.69, 9.17) is 4.74 Å². The molecule has 0 spiro atoms. The van der Waals surface area contributed by atoms with Gasteiger partial charge in [-0.05, 0) is 48.4 Å². The topological polar surface area (TPSA) is 64.1 Å². The average Bonchev–Trinajstić information content (AvgIpc) is 3.46. The van der Waals surface area contributed by atoms with E-state index in [2.05, 4.69) is 23.0 Å². The maximum atomic E-state index is 13.3. The standard InChI is InChI=1S/C26H25N5O2/c1-2-20-8-7-9-23(14-20)33-19-26(32)29(17-21-15-27-24-10-3-5-12-30(21)24)18-22-16-28-25-11-4-6-13-31(22)25/h3-16H,2,17-19H2,1H3. The summed E-state index contributed by atoms with van der Waals surface area (Å²) in [6.07, 6.45) is 8.47. The van der Waals surface area contributed by atoms with Gasteiger partial charge in [-0.3, -0.25) is 4.79 Å². The predicted molar refractivity (Wildman–Crippen MR) is 126 cm³/mol. The quantitative estimate of drug-likeness (QED) is 0.364. The highest BCUT2D eigenvalue weighted by molar-refractivity contribution is 5.77. The van der Waals surface area contributed by atoms with E-state index < -0.39 is 0 Å². The van der Waals surface area contributed by atoms with Gasteiger partial charge in [0.25, 0.3) is 5.91 Å². The van der Waals surface area contributed by atoms with Crippen LogP contribution in [0.25, 0.3) is 11.3 Å². The second kappa shape index (κ2) is 9.16. The number of ether oxygens (including phenoxy) is 1. The van der Waals surface area contributed by atoms with E-state index in [1.165, 1.54) is 5.56 Å². The van der Waals surface area contributed by atoms with Crippen LogP contribution in [0.3, 0.4) is 0 Å². The van der Waals surface area contributed by atoms with Gasteiger partial charge in [0.05, 0.1) is 36.9 Å². The minimum absolute atomic E-state index is 0.0410. The molecule has 33 heavy (non-hydrogen) atoms. The van der Waals surface area contributed by atoms with Crippen LogP contribution in [0.15, 0.2) is 85.5 Å². The van der Waals surface area contributed by atoms with Crippen LogP contribution in [0.5, 0.6) is 5.75 Å². The van der Waals surface area contributed by atoms with Gasteiger partial charge in [0.15, 0.2) is 6.61 Å². The molecule has 7 heteroatoms. The second-order valence-electron chi connectivity index (χ2n) is 7.90. The van der Waals surface area contributed by atoms with Gasteiger partial charge >= 0.3 is 0 Å². The van der Waals surface area contributed by atoms with Crippen molar-refractivity contribution in [2.45, 2.75) is 26.4 Å². The highest BCUT2D eigenvalue weighted by Gasteiger charge is 2.19. The minimum Gasteiger partial charge on any atom is -0.484 e. The van der Waals surface area contributed by atoms with Gasteiger partial charge in [-0.15, -0.1) is 0 Å². The first-order chi connectivity index (χ1) is 16.2. The highest BCUT2D eigenvalue weighted by atomic mass is 16.5. The first-order valence-corrected chi connectivity index (χ1v) is 11.0. The molecule has 0 N–H and O–H groups in total. The molecular weight excluding hydrogens is 414 g/mol. The zero-order valence-corrected chi connectivity index (χ0v) is 18.5. The van der Waals surface area contributed by atoms with Crippen LogP contribution in [0.1, 0.15) is 23.9 Å². The molecule has 0 fully saturated rings. The van der Waals surface area contributed by atoms with Gasteiger partial charge in [0.2, 0.25) is 0 Å². The average molecular weight is 440 g/mol. The second-order valence-corrected chi connectivity index (χ2v) is 7.90. The van der Waals surface area contributed by atoms with Gasteiger partial charge in [-0.2, -0.15) is 0 Å². The Morgan fingerprint density at radius 1 is 0.879 bits per heavy atom. The Morgan fingerprint density at radius 3 is 2.12 bits per heavy atom. The number of hydrogen-bond acceptors (Lipinski definition) is 4. The molecule has 4 aromatic heterocycles. The Labute approximate surface area is 191 Å². The van der Waals surface area contributed by atoms with Crippen molar-refractivity contribution in [3.8, 4) is 5.75 Å². The van der Waals surface area contributed by atoms with Gasteiger partial charge in [0.1, 0.15) is 17.0 Å². The molecule has 5 aromatic rings. The van der Waals surface area contributed by atoms with Gasteiger partial charge in [-0.1, -0.05) is 31.2 Å². The Hall–Kier alpha value is -4.13. The molecule has 1 aromatic carbocycles. The van der Waals surface area contributed by atoms with E-state index in [0.717, 1.165) is 29.1 Å². The third-order valence-corrected chi connectivity index (χ3v) is 5.71. The van der Waals surface area contributed by atoms with Crippen molar-refractivity contribution in [2.75, 3.05) is 6.61 Å². The van der Waals surface area contributed by atoms with Crippen LogP contribution in [-0.4, -0.2) is 36.2 Å². The van der Waals surface area contributed by atoms with Gasteiger partial charge in [-0.25, -0.2) is 9.97 Å². The van der Waals surface area contributed by atoms with Crippen LogP contribution in [0.4, 0.5) is 0 Å². The SMILES string of the molecule is CCc1cccc(OCC(=O)N(Cc2cnc3ccccn23)Cc2cnc3ccccn23)c1. The molecule has 0 saturated carbocycles. The van der Waals surface area contributed by atoms with E-state index in [-0.39, 0.29) is 12.5 Å². The maximum absolute atomic E-state index is 13.3. The Balaban J connectivity index is 1.40. The summed E-state index contributed by atoms with van der Waals surface area (Å²) >= 11 is 0. The number of hydrogen-bond donors (Lipinski definition) is 0. The third kappa shape index (κ3) is 4.43. The van der Waals surface area contributed by atoms with E-state index in [1.54, 1.807) is 4.90 Å². The molecule has 0 aliphatic heterocycles. The molecule has 5 rings (SSSR count). The van der Waals surface area contributed by atoms with Crippen molar-refractivity contribution in [3.05, 3.63) is 102 Å². The summed E-state index contributed by atoms with van der Waals surface area (Å²) in [5, 5.41) is 0. The lowest BCUT2D eigenvalue weighted by Gasteiger charge is -2.22. The number of carbonyl (C=O) groups excluding carboxylic acids is 1. The summed E-state index contributed by atoms with van der Waals surface area (Å²) in [7, 11) is 0. The largest absolute Gasteiger partial charge is 0.484 e. The molecule has 0 saturated heterocycles. The molecule has 1 amide bonds. The number of nitrogens with zero attached hydrogens (tertiary/aromatic N) is 5. The molecular formula is C26H25N5O2. The van der Waals surface area contributed by atoms with E-state index >= 15 is 0 Å². The fraction of sp³-hybridized carbons (Fsp3) is 0.192. The van der Waals surface area contributed by atoms with Crippen molar-refractivity contribution in [2.24, 2.45) is 0 Å². The number of carbonyl (C=O) groups is 1. The number of imidazole rings is 2. The van der Waals surface area contributed by atoms with Crippen molar-refractivity contribution in [1.82, 2.24) is 23.7 Å². The van der Waals surface area contributed by atoms with Crippen molar-refractivity contribution in [1.29, 1.82) is 0 Å². The van der Waals surface area contributed by atoms with Crippen molar-refractivity contribution < 1.29 is 9.53 Å². The molecule has 7 nitrogen and oxygen atoms in total. The lowest BCUT2D eigenvalue weighted by atomic mass is 10.2. The number of pyridine rings is 2. The minimum atomic E-state index is -0.103. The van der Waals surface area contributed by atoms with E-state index in [9.17, 15) is 4.79 Å². The Bertz CT molecular complexity index is 1330. The van der Waals surface area contributed by atoms with Gasteiger partial charge in [0, 0.05) is 12.4 Å². The molecule has 166 valence electrons. The van der Waals surface area contributed by atoms with Crippen LogP contribution < -0.4 is 4.74 Å². The smallest absolute Gasteiger partial charge is 0.261 e. The third-order valence-electron chi connectivity index (χ3n) is 5.71. The molecule has 0 unspecified atom stereocenters. The zero-order valence-electron chi connectivity index (χ0n) is 18.5. The monoisotopic (exact) mass is 439 g/mol. The summed E-state index contributed by atoms with van der Waals surface area (Å²) in [4.78, 5) is 24.1. The predicted octanol–water partition coefficient (Wildman–Crippen LogP) is 4.15. The Morgan fingerprint density at radius 2 is 1.52 bits per heavy atom. The fourth-order valence-electron chi connectivity index (χ4n) is 3.92. The van der Waals surface area contributed by atoms with E-state index in [0.29, 0.717) is 18.8 Å². The number of aromatic nitrogens is 4.